The molecule has 0 bridgehead atoms. The van der Waals surface area contributed by atoms with Crippen molar-refractivity contribution in [2.24, 2.45) is 7.05 Å². The highest BCUT2D eigenvalue weighted by atomic mass is 35.5. The van der Waals surface area contributed by atoms with Gasteiger partial charge in [0.05, 0.1) is 0 Å². The summed E-state index contributed by atoms with van der Waals surface area (Å²) in [7, 11) is 2.02. The molecular weight excluding hydrogens is 186 g/mol. The first-order chi connectivity index (χ1) is 6.33. The molecule has 1 aromatic heterocycles. The molecule has 1 fully saturated rings. The van der Waals surface area contributed by atoms with Crippen LogP contribution in [-0.4, -0.2) is 28.0 Å². The molecule has 0 radical (unpaired) electrons. The normalized spacial score (nSPS) is 22.6. The monoisotopic (exact) mass is 199 g/mol. The van der Waals surface area contributed by atoms with Gasteiger partial charge in [-0.1, -0.05) is 0 Å². The number of halogens is 1. The lowest BCUT2D eigenvalue weighted by atomic mass is 10.2. The minimum absolute atomic E-state index is 0.475. The Balaban J connectivity index is 2.20. The maximum atomic E-state index is 5.89. The Hall–Kier alpha value is -0.700. The molecule has 2 rings (SSSR count). The summed E-state index contributed by atoms with van der Waals surface area (Å²) in [6, 6.07) is 0.475. The van der Waals surface area contributed by atoms with Crippen LogP contribution in [0.4, 0.5) is 5.95 Å². The molecule has 0 saturated carbocycles. The molecule has 0 amide bonds. The highest BCUT2D eigenvalue weighted by Crippen LogP contribution is 2.23. The summed E-state index contributed by atoms with van der Waals surface area (Å²) in [5.74, 6) is 1.75. The Morgan fingerprint density at radius 2 is 2.54 bits per heavy atom. The molecule has 1 aliphatic heterocycles. The smallest absolute Gasteiger partial charge is 0.205 e. The average Bonchev–Trinajstić information content (AvgIpc) is 2.71. The van der Waals surface area contributed by atoms with Gasteiger partial charge in [-0.05, 0) is 12.8 Å². The van der Waals surface area contributed by atoms with E-state index in [9.17, 15) is 0 Å². The van der Waals surface area contributed by atoms with Crippen LogP contribution >= 0.6 is 11.6 Å². The Kier molecular flexibility index (Phi) is 2.44. The summed E-state index contributed by atoms with van der Waals surface area (Å²) in [5, 5.41) is 0. The summed E-state index contributed by atoms with van der Waals surface area (Å²) in [5.41, 5.74) is 0. The third-order valence-electron chi connectivity index (χ3n) is 2.61. The summed E-state index contributed by atoms with van der Waals surface area (Å²) in [6.07, 6.45) is 6.22. The van der Waals surface area contributed by atoms with Crippen LogP contribution in [0.5, 0.6) is 0 Å². The SMILES string of the molecule is Cn1ccnc1N1CCCC1CCl. The lowest BCUT2D eigenvalue weighted by Crippen LogP contribution is -2.32. The standard InChI is InChI=1S/C9H14ClN3/c1-12-6-4-11-9(12)13-5-2-3-8(13)7-10/h4,6,8H,2-3,5,7H2,1H3. The van der Waals surface area contributed by atoms with Gasteiger partial charge in [-0.3, -0.25) is 0 Å². The third-order valence-corrected chi connectivity index (χ3v) is 2.96. The fourth-order valence-corrected chi connectivity index (χ4v) is 2.21. The van der Waals surface area contributed by atoms with Gasteiger partial charge in [0.15, 0.2) is 0 Å². The van der Waals surface area contributed by atoms with Crippen molar-refractivity contribution < 1.29 is 0 Å². The number of imidazole rings is 1. The Labute approximate surface area is 83.3 Å². The van der Waals surface area contributed by atoms with Crippen LogP contribution in [0, 0.1) is 0 Å². The van der Waals surface area contributed by atoms with Crippen molar-refractivity contribution in [1.82, 2.24) is 9.55 Å². The molecule has 4 heteroatoms. The van der Waals surface area contributed by atoms with Crippen molar-refractivity contribution in [1.29, 1.82) is 0 Å². The topological polar surface area (TPSA) is 21.1 Å². The first-order valence-electron chi connectivity index (χ1n) is 4.63. The second-order valence-corrected chi connectivity index (χ2v) is 3.79. The van der Waals surface area contributed by atoms with Gasteiger partial charge in [0.2, 0.25) is 5.95 Å². The Bertz CT molecular complexity index is 284. The zero-order chi connectivity index (χ0) is 9.26. The maximum Gasteiger partial charge on any atom is 0.205 e. The third kappa shape index (κ3) is 1.53. The summed E-state index contributed by atoms with van der Waals surface area (Å²) >= 11 is 5.89. The van der Waals surface area contributed by atoms with E-state index in [0.717, 1.165) is 12.5 Å². The number of hydrogen-bond donors (Lipinski definition) is 0. The van der Waals surface area contributed by atoms with E-state index >= 15 is 0 Å². The van der Waals surface area contributed by atoms with Crippen molar-refractivity contribution in [3.8, 4) is 0 Å². The van der Waals surface area contributed by atoms with Gasteiger partial charge in [-0.15, -0.1) is 11.6 Å². The van der Waals surface area contributed by atoms with Crippen LogP contribution in [0.25, 0.3) is 0 Å². The minimum Gasteiger partial charge on any atom is -0.338 e. The van der Waals surface area contributed by atoms with Gasteiger partial charge in [0, 0.05) is 37.9 Å². The number of anilines is 1. The molecule has 1 aromatic rings. The van der Waals surface area contributed by atoms with Crippen LogP contribution < -0.4 is 4.90 Å². The Morgan fingerprint density at radius 1 is 1.69 bits per heavy atom. The lowest BCUT2D eigenvalue weighted by molar-refractivity contribution is 0.705. The van der Waals surface area contributed by atoms with Gasteiger partial charge < -0.3 is 9.47 Å². The van der Waals surface area contributed by atoms with Gasteiger partial charge in [0.25, 0.3) is 0 Å². The van der Waals surface area contributed by atoms with E-state index in [-0.39, 0.29) is 0 Å². The van der Waals surface area contributed by atoms with E-state index in [4.69, 9.17) is 11.6 Å². The molecule has 72 valence electrons. The van der Waals surface area contributed by atoms with Gasteiger partial charge in [-0.2, -0.15) is 0 Å². The van der Waals surface area contributed by atoms with Gasteiger partial charge in [-0.25, -0.2) is 4.98 Å². The molecule has 1 saturated heterocycles. The predicted molar refractivity (Wildman–Crippen MR) is 54.3 cm³/mol. The molecule has 0 aliphatic carbocycles. The molecule has 0 aromatic carbocycles. The van der Waals surface area contributed by atoms with E-state index in [1.165, 1.54) is 12.8 Å². The number of hydrogen-bond acceptors (Lipinski definition) is 2. The summed E-state index contributed by atoms with van der Waals surface area (Å²) in [6.45, 7) is 1.09. The van der Waals surface area contributed by atoms with Gasteiger partial charge in [0.1, 0.15) is 0 Å². The van der Waals surface area contributed by atoms with Crippen molar-refractivity contribution in [3.63, 3.8) is 0 Å². The average molecular weight is 200 g/mol. The lowest BCUT2D eigenvalue weighted by Gasteiger charge is -2.23. The van der Waals surface area contributed by atoms with E-state index in [2.05, 4.69) is 9.88 Å². The summed E-state index contributed by atoms with van der Waals surface area (Å²) < 4.78 is 2.05. The number of nitrogens with zero attached hydrogens (tertiary/aromatic N) is 3. The number of aryl methyl sites for hydroxylation is 1. The second kappa shape index (κ2) is 3.58. The molecular formula is C9H14ClN3. The van der Waals surface area contributed by atoms with E-state index in [1.54, 1.807) is 0 Å². The molecule has 2 heterocycles. The van der Waals surface area contributed by atoms with Crippen LogP contribution in [-0.2, 0) is 7.05 Å². The molecule has 1 atom stereocenters. The molecule has 1 unspecified atom stereocenters. The number of alkyl halides is 1. The van der Waals surface area contributed by atoms with E-state index in [0.29, 0.717) is 11.9 Å². The Morgan fingerprint density at radius 3 is 3.15 bits per heavy atom. The first kappa shape index (κ1) is 8.88. The van der Waals surface area contributed by atoms with Crippen molar-refractivity contribution in [2.75, 3.05) is 17.3 Å². The maximum absolute atomic E-state index is 5.89. The molecule has 0 spiro atoms. The van der Waals surface area contributed by atoms with Crippen LogP contribution in [0.15, 0.2) is 12.4 Å². The van der Waals surface area contributed by atoms with E-state index < -0.39 is 0 Å². The fraction of sp³-hybridized carbons (Fsp3) is 0.667. The van der Waals surface area contributed by atoms with E-state index in [1.807, 2.05) is 24.0 Å². The zero-order valence-corrected chi connectivity index (χ0v) is 8.54. The van der Waals surface area contributed by atoms with Crippen molar-refractivity contribution in [3.05, 3.63) is 12.4 Å². The van der Waals surface area contributed by atoms with Crippen molar-refractivity contribution >= 4 is 17.5 Å². The molecule has 1 aliphatic rings. The molecule has 3 nitrogen and oxygen atoms in total. The predicted octanol–water partition coefficient (Wildman–Crippen LogP) is 1.63. The van der Waals surface area contributed by atoms with Crippen LogP contribution in [0.3, 0.4) is 0 Å². The second-order valence-electron chi connectivity index (χ2n) is 3.48. The van der Waals surface area contributed by atoms with Crippen LogP contribution in [0.1, 0.15) is 12.8 Å². The van der Waals surface area contributed by atoms with Crippen molar-refractivity contribution in [2.45, 2.75) is 18.9 Å². The van der Waals surface area contributed by atoms with Gasteiger partial charge >= 0.3 is 0 Å². The largest absolute Gasteiger partial charge is 0.338 e. The first-order valence-corrected chi connectivity index (χ1v) is 5.16. The highest BCUT2D eigenvalue weighted by Gasteiger charge is 2.25. The van der Waals surface area contributed by atoms with Crippen LogP contribution in [0.2, 0.25) is 0 Å². The molecule has 13 heavy (non-hydrogen) atoms. The quantitative estimate of drug-likeness (QED) is 0.676. The number of rotatable bonds is 2. The minimum atomic E-state index is 0.475. The highest BCUT2D eigenvalue weighted by molar-refractivity contribution is 6.18. The fourth-order valence-electron chi connectivity index (χ4n) is 1.89. The molecule has 0 N–H and O–H groups in total. The summed E-state index contributed by atoms with van der Waals surface area (Å²) in [4.78, 5) is 6.62. The zero-order valence-electron chi connectivity index (χ0n) is 7.78. The number of aromatic nitrogens is 2.